The summed E-state index contributed by atoms with van der Waals surface area (Å²) in [6.07, 6.45) is 0. The molecule has 0 amide bonds. The predicted octanol–water partition coefficient (Wildman–Crippen LogP) is 26.6. The first-order valence-corrected chi connectivity index (χ1v) is 36.0. The molecule has 0 aromatic heterocycles. The molecule has 16 aromatic rings. The smallest absolute Gasteiger partial charge is 0.0622 e. The van der Waals surface area contributed by atoms with Gasteiger partial charge in [0.2, 0.25) is 0 Å². The Labute approximate surface area is 602 Å². The second-order valence-corrected chi connectivity index (χ2v) is 28.6. The summed E-state index contributed by atoms with van der Waals surface area (Å²) < 4.78 is 0. The van der Waals surface area contributed by atoms with Gasteiger partial charge in [-0.1, -0.05) is 406 Å². The maximum Gasteiger partial charge on any atom is 0.0725 e. The Balaban J connectivity index is 0.000000100. The van der Waals surface area contributed by atoms with E-state index >= 15 is 0 Å². The summed E-state index contributed by atoms with van der Waals surface area (Å²) >= 11 is 0. The summed E-state index contributed by atoms with van der Waals surface area (Å²) in [5.74, 6) is 0. The van der Waals surface area contributed by atoms with Crippen LogP contribution in [0.5, 0.6) is 0 Å². The maximum atomic E-state index is 2.40. The van der Waals surface area contributed by atoms with Gasteiger partial charge in [-0.3, -0.25) is 0 Å². The molecule has 0 saturated carbocycles. The van der Waals surface area contributed by atoms with Crippen molar-refractivity contribution >= 4 is 21.5 Å². The zero-order valence-electron chi connectivity index (χ0n) is 59.2. The second-order valence-electron chi connectivity index (χ2n) is 28.6. The quantitative estimate of drug-likeness (QED) is 0.165. The topological polar surface area (TPSA) is 0 Å². The Morgan fingerprint density at radius 2 is 0.500 bits per heavy atom. The molecule has 490 valence electrons. The molecule has 0 N–H and O–H groups in total. The second kappa shape index (κ2) is 26.9. The molecule has 0 saturated heterocycles. The molecule has 0 atom stereocenters. The third kappa shape index (κ3) is 11.3. The third-order valence-electron chi connectivity index (χ3n) is 21.8. The number of hydrogen-bond donors (Lipinski definition) is 0. The summed E-state index contributed by atoms with van der Waals surface area (Å²) in [6.45, 7) is 15.4. The highest BCUT2D eigenvalue weighted by Gasteiger charge is 2.51. The fourth-order valence-electron chi connectivity index (χ4n) is 16.9. The zero-order valence-corrected chi connectivity index (χ0v) is 59.2. The fraction of sp³-hybridized carbons (Fsp3) is 0.0980. The molecule has 102 heavy (non-hydrogen) atoms. The maximum absolute atomic E-state index is 2.40. The summed E-state index contributed by atoms with van der Waals surface area (Å²) in [5.41, 5.74) is 36.4. The summed E-state index contributed by atoms with van der Waals surface area (Å²) in [4.78, 5) is 0. The van der Waals surface area contributed by atoms with Gasteiger partial charge < -0.3 is 0 Å². The monoisotopic (exact) mass is 1310 g/mol. The van der Waals surface area contributed by atoms with Crippen LogP contribution in [-0.2, 0) is 16.2 Å². The summed E-state index contributed by atoms with van der Waals surface area (Å²) in [5, 5.41) is 5.21. The van der Waals surface area contributed by atoms with Gasteiger partial charge in [-0.15, -0.1) is 0 Å². The molecule has 0 heterocycles. The number of benzene rings is 16. The van der Waals surface area contributed by atoms with Crippen LogP contribution in [-0.4, -0.2) is 0 Å². The average Bonchev–Trinajstić information content (AvgIpc) is 1.51. The van der Waals surface area contributed by atoms with E-state index in [2.05, 4.69) is 419 Å². The van der Waals surface area contributed by atoms with E-state index in [0.717, 1.165) is 0 Å². The first-order chi connectivity index (χ1) is 49.9. The zero-order chi connectivity index (χ0) is 69.5. The normalized spacial score (nSPS) is 13.3. The summed E-state index contributed by atoms with van der Waals surface area (Å²) in [7, 11) is 0. The van der Waals surface area contributed by atoms with Crippen molar-refractivity contribution in [2.75, 3.05) is 0 Å². The molecule has 4 aliphatic rings. The first-order valence-electron chi connectivity index (χ1n) is 36.0. The molecule has 0 heteroatoms. The molecule has 20 rings (SSSR count). The van der Waals surface area contributed by atoms with Gasteiger partial charge in [0.1, 0.15) is 0 Å². The van der Waals surface area contributed by atoms with Gasteiger partial charge in [0.25, 0.3) is 0 Å². The van der Waals surface area contributed by atoms with Gasteiger partial charge in [0, 0.05) is 5.41 Å². The van der Waals surface area contributed by atoms with E-state index in [0.29, 0.717) is 0 Å². The van der Waals surface area contributed by atoms with Gasteiger partial charge in [0.05, 0.1) is 10.8 Å². The van der Waals surface area contributed by atoms with Gasteiger partial charge >= 0.3 is 0 Å². The van der Waals surface area contributed by atoms with Crippen molar-refractivity contribution in [2.45, 2.75) is 64.7 Å². The van der Waals surface area contributed by atoms with E-state index in [9.17, 15) is 0 Å². The Bertz CT molecular complexity index is 5550. The van der Waals surface area contributed by atoms with Crippen LogP contribution in [0.3, 0.4) is 0 Å². The summed E-state index contributed by atoms with van der Waals surface area (Å²) in [6, 6.07) is 134. The lowest BCUT2D eigenvalue weighted by Crippen LogP contribution is -2.28. The van der Waals surface area contributed by atoms with Crippen molar-refractivity contribution in [1.82, 2.24) is 0 Å². The minimum absolute atomic E-state index is 0.151. The van der Waals surface area contributed by atoms with E-state index in [4.69, 9.17) is 0 Å². The van der Waals surface area contributed by atoms with Crippen molar-refractivity contribution in [3.05, 3.63) is 454 Å². The van der Waals surface area contributed by atoms with E-state index < -0.39 is 0 Å². The SMILES string of the molecule is Cc1ccc(-c2ccc3ccccc3c2)cc1.Cc1ccc(-c2cccc3ccccc23)cc1.Cc1ccc2c(c1)C(C)(C)c1ccccc1-2.Cc1ccc2c(c1)C(c1ccccc1)(c1ccccc1)c1ccccc1-2.Cc1ccc2c(c1)C1(c3ccccc3-c3ccccc31)c1ccccc1-2. The number of rotatable bonds is 4. The van der Waals surface area contributed by atoms with Crippen LogP contribution in [0.15, 0.2) is 370 Å². The van der Waals surface area contributed by atoms with Crippen LogP contribution in [0.1, 0.15) is 97.3 Å². The molecular weight excluding hydrogens is 1230 g/mol. The van der Waals surface area contributed by atoms with Gasteiger partial charge in [-0.05, 0) is 185 Å². The molecular formula is C102H82. The molecule has 0 radical (unpaired) electrons. The molecule has 0 fully saturated rings. The largest absolute Gasteiger partial charge is 0.0725 e. The lowest BCUT2D eigenvalue weighted by molar-refractivity contribution is 0.660. The lowest BCUT2D eigenvalue weighted by Gasteiger charge is -2.34. The van der Waals surface area contributed by atoms with Gasteiger partial charge in [0.15, 0.2) is 0 Å². The van der Waals surface area contributed by atoms with Crippen LogP contribution < -0.4 is 0 Å². The third-order valence-corrected chi connectivity index (χ3v) is 21.8. The molecule has 0 nitrogen and oxygen atoms in total. The Hall–Kier alpha value is -12.0. The highest BCUT2D eigenvalue weighted by molar-refractivity contribution is 5.98. The van der Waals surface area contributed by atoms with Crippen LogP contribution in [0, 0.1) is 34.6 Å². The Morgan fingerprint density at radius 1 is 0.176 bits per heavy atom. The first kappa shape index (κ1) is 64.7. The van der Waals surface area contributed by atoms with E-state index in [-0.39, 0.29) is 16.2 Å². The van der Waals surface area contributed by atoms with E-state index in [1.807, 2.05) is 0 Å². The number of fused-ring (bicyclic) bond motifs is 18. The van der Waals surface area contributed by atoms with Crippen LogP contribution in [0.25, 0.3) is 88.3 Å². The van der Waals surface area contributed by atoms with Crippen molar-refractivity contribution in [3.63, 3.8) is 0 Å². The van der Waals surface area contributed by atoms with Crippen molar-refractivity contribution < 1.29 is 0 Å². The average molecular weight is 1310 g/mol. The van der Waals surface area contributed by atoms with E-state index in [1.165, 1.54) is 172 Å². The van der Waals surface area contributed by atoms with Gasteiger partial charge in [-0.2, -0.15) is 0 Å². The van der Waals surface area contributed by atoms with Crippen LogP contribution in [0.4, 0.5) is 0 Å². The van der Waals surface area contributed by atoms with Crippen LogP contribution in [0.2, 0.25) is 0 Å². The van der Waals surface area contributed by atoms with Gasteiger partial charge in [-0.25, -0.2) is 0 Å². The highest BCUT2D eigenvalue weighted by Crippen LogP contribution is 2.63. The molecule has 4 aliphatic carbocycles. The Kier molecular flexibility index (Phi) is 17.1. The highest BCUT2D eigenvalue weighted by atomic mass is 14.5. The number of hydrogen-bond acceptors (Lipinski definition) is 0. The standard InChI is InChI=1S/C26H18.C26H20.2C17H14.C16H16/c1-17-14-15-21-20-10-4-7-13-24(20)26(25(21)16-17)22-11-5-2-8-18(22)19-9-3-6-12-23(19)26;1-19-16-17-23-22-14-8-9-15-24(22)26(25(23)18-19,20-10-4-2-5-11-20)21-12-6-3-7-13-21;1-13-9-11-15(12-10-13)17-8-4-6-14-5-2-3-7-16(14)17;1-13-6-8-15(9-7-13)17-11-10-14-4-2-3-5-16(14)12-17;1-11-8-9-13-12-6-4-5-7-14(12)16(2,3)15(13)10-11/h2-16H,1H3;2-18H,1H3;2*2-12H,1H3;4-10H,1-3H3. The van der Waals surface area contributed by atoms with Crippen LogP contribution >= 0.6 is 0 Å². The molecule has 16 aromatic carbocycles. The van der Waals surface area contributed by atoms with E-state index in [1.54, 1.807) is 0 Å². The van der Waals surface area contributed by atoms with Crippen molar-refractivity contribution in [1.29, 1.82) is 0 Å². The van der Waals surface area contributed by atoms with Crippen molar-refractivity contribution in [3.8, 4) is 66.8 Å². The Morgan fingerprint density at radius 3 is 1.00 bits per heavy atom. The molecule has 1 spiro atoms. The lowest BCUT2D eigenvalue weighted by atomic mass is 9.67. The minimum atomic E-state index is -0.263. The minimum Gasteiger partial charge on any atom is -0.0622 e. The molecule has 0 unspecified atom stereocenters. The molecule has 0 aliphatic heterocycles. The van der Waals surface area contributed by atoms with Crippen molar-refractivity contribution in [2.24, 2.45) is 0 Å². The fourth-order valence-corrected chi connectivity index (χ4v) is 16.9. The molecule has 0 bridgehead atoms. The number of aryl methyl sites for hydroxylation is 5. The predicted molar refractivity (Wildman–Crippen MR) is 433 cm³/mol.